The number of thioether (sulfide) groups is 1. The van der Waals surface area contributed by atoms with Crippen LogP contribution in [0, 0.1) is 18.8 Å². The fraction of sp³-hybridized carbons (Fsp3) is 0.577. The van der Waals surface area contributed by atoms with Gasteiger partial charge < -0.3 is 10.2 Å². The molecule has 2 fully saturated rings. The minimum Gasteiger partial charge on any atom is -0.356 e. The Labute approximate surface area is 201 Å². The van der Waals surface area contributed by atoms with Crippen molar-refractivity contribution in [1.29, 1.82) is 0 Å². The number of hydrogen-bond acceptors (Lipinski definition) is 4. The first-order valence-corrected chi connectivity index (χ1v) is 13.2. The summed E-state index contributed by atoms with van der Waals surface area (Å²) in [5.74, 6) is 0.407. The first-order chi connectivity index (χ1) is 16.0. The molecule has 2 unspecified atom stereocenters. The molecular formula is C26H35N3O3S. The van der Waals surface area contributed by atoms with Crippen molar-refractivity contribution in [2.75, 3.05) is 13.1 Å². The molecule has 3 aliphatic rings. The van der Waals surface area contributed by atoms with Crippen LogP contribution < -0.4 is 5.32 Å². The lowest BCUT2D eigenvalue weighted by Crippen LogP contribution is -2.62. The first kappa shape index (κ1) is 23.9. The van der Waals surface area contributed by atoms with Gasteiger partial charge in [-0.3, -0.25) is 14.5 Å². The maximum Gasteiger partial charge on any atom is 0.327 e. The number of carbonyl (C=O) groups excluding carboxylic acids is 3. The highest BCUT2D eigenvalue weighted by Crippen LogP contribution is 2.37. The Morgan fingerprint density at radius 2 is 1.91 bits per heavy atom. The lowest BCUT2D eigenvalue weighted by molar-refractivity contribution is -0.132. The van der Waals surface area contributed by atoms with Crippen molar-refractivity contribution < 1.29 is 14.4 Å². The van der Waals surface area contributed by atoms with Crippen molar-refractivity contribution in [2.45, 2.75) is 70.2 Å². The molecule has 6 nitrogen and oxygen atoms in total. The van der Waals surface area contributed by atoms with E-state index in [-0.39, 0.29) is 41.0 Å². The molecular weight excluding hydrogens is 434 g/mol. The summed E-state index contributed by atoms with van der Waals surface area (Å²) >= 11 is 1.52. The van der Waals surface area contributed by atoms with Crippen LogP contribution in [0.25, 0.3) is 0 Å². The Kier molecular flexibility index (Phi) is 7.78. The number of carbonyl (C=O) groups is 3. The maximum absolute atomic E-state index is 13.5. The Morgan fingerprint density at radius 3 is 2.64 bits per heavy atom. The van der Waals surface area contributed by atoms with Crippen molar-refractivity contribution in [3.05, 3.63) is 46.9 Å². The second kappa shape index (κ2) is 10.8. The predicted octanol–water partition coefficient (Wildman–Crippen LogP) is 4.48. The van der Waals surface area contributed by atoms with Crippen molar-refractivity contribution in [2.24, 2.45) is 11.8 Å². The lowest BCUT2D eigenvalue weighted by atomic mass is 9.81. The monoisotopic (exact) mass is 469 g/mol. The number of urea groups is 1. The highest BCUT2D eigenvalue weighted by atomic mass is 32.2. The van der Waals surface area contributed by atoms with Crippen molar-refractivity contribution in [3.63, 3.8) is 0 Å². The topological polar surface area (TPSA) is 69.7 Å². The van der Waals surface area contributed by atoms with Crippen LogP contribution in [-0.2, 0) is 16.1 Å². The highest BCUT2D eigenvalue weighted by molar-refractivity contribution is 8.03. The van der Waals surface area contributed by atoms with Gasteiger partial charge in [0.1, 0.15) is 5.25 Å². The fourth-order valence-electron chi connectivity index (χ4n) is 5.10. The fourth-order valence-corrected chi connectivity index (χ4v) is 6.17. The van der Waals surface area contributed by atoms with Crippen LogP contribution in [0.15, 0.2) is 35.7 Å². The van der Waals surface area contributed by atoms with Crippen molar-refractivity contribution >= 4 is 29.6 Å². The molecule has 4 amide bonds. The second-order valence-corrected chi connectivity index (χ2v) is 10.6. The molecule has 2 atom stereocenters. The molecule has 4 rings (SSSR count). The van der Waals surface area contributed by atoms with Crippen LogP contribution in [0.2, 0.25) is 0 Å². The van der Waals surface area contributed by atoms with E-state index in [1.165, 1.54) is 16.7 Å². The summed E-state index contributed by atoms with van der Waals surface area (Å²) in [4.78, 5) is 42.5. The molecule has 2 heterocycles. The van der Waals surface area contributed by atoms with Gasteiger partial charge in [0.2, 0.25) is 11.8 Å². The molecule has 1 aromatic rings. The van der Waals surface area contributed by atoms with E-state index in [4.69, 9.17) is 0 Å². The van der Waals surface area contributed by atoms with E-state index in [0.29, 0.717) is 13.1 Å². The zero-order chi connectivity index (χ0) is 23.4. The number of rotatable bonds is 8. The largest absolute Gasteiger partial charge is 0.356 e. The Morgan fingerprint density at radius 1 is 1.15 bits per heavy atom. The Bertz CT molecular complexity index is 910. The number of fused-ring (bicyclic) bond motifs is 1. The van der Waals surface area contributed by atoms with E-state index in [9.17, 15) is 14.4 Å². The number of aryl methyl sites for hydroxylation is 1. The second-order valence-electron chi connectivity index (χ2n) is 9.52. The van der Waals surface area contributed by atoms with E-state index in [0.717, 1.165) is 56.2 Å². The van der Waals surface area contributed by atoms with Crippen LogP contribution in [0.4, 0.5) is 4.79 Å². The van der Waals surface area contributed by atoms with Gasteiger partial charge in [0.25, 0.3) is 0 Å². The van der Waals surface area contributed by atoms with Gasteiger partial charge in [-0.15, -0.1) is 11.8 Å². The van der Waals surface area contributed by atoms with E-state index in [2.05, 4.69) is 31.3 Å². The van der Waals surface area contributed by atoms with Crippen LogP contribution in [0.3, 0.4) is 0 Å². The molecule has 1 saturated carbocycles. The van der Waals surface area contributed by atoms with Gasteiger partial charge in [-0.1, -0.05) is 43.7 Å². The molecule has 1 aliphatic carbocycles. The minimum absolute atomic E-state index is 0.0578. The summed E-state index contributed by atoms with van der Waals surface area (Å²) in [6, 6.07) is 7.73. The number of unbranched alkanes of at least 4 members (excludes halogenated alkanes) is 1. The van der Waals surface area contributed by atoms with Gasteiger partial charge >= 0.3 is 6.03 Å². The number of nitrogens with zero attached hydrogens (tertiary/aromatic N) is 2. The number of hydrogen-bond donors (Lipinski definition) is 1. The van der Waals surface area contributed by atoms with Crippen LogP contribution in [0.5, 0.6) is 0 Å². The van der Waals surface area contributed by atoms with Gasteiger partial charge in [0.05, 0.1) is 6.04 Å². The average Bonchev–Trinajstić information content (AvgIpc) is 3.31. The number of amides is 4. The molecule has 0 bridgehead atoms. The molecule has 1 aromatic carbocycles. The van der Waals surface area contributed by atoms with Gasteiger partial charge in [-0.05, 0) is 61.5 Å². The van der Waals surface area contributed by atoms with E-state index >= 15 is 0 Å². The SMILES string of the molecule is CCCCNC(=O)C1CCC(CN2C(=O)C3SC=CC3N(Cc3ccccc3C)C2=O)CC1. The smallest absolute Gasteiger partial charge is 0.327 e. The highest BCUT2D eigenvalue weighted by Gasteiger charge is 2.47. The molecule has 0 aromatic heterocycles. The maximum atomic E-state index is 13.5. The molecule has 0 radical (unpaired) electrons. The van der Waals surface area contributed by atoms with Crippen LogP contribution in [0.1, 0.15) is 56.6 Å². The summed E-state index contributed by atoms with van der Waals surface area (Å²) in [7, 11) is 0. The summed E-state index contributed by atoms with van der Waals surface area (Å²) in [6.07, 6.45) is 7.47. The normalized spacial score (nSPS) is 27.1. The van der Waals surface area contributed by atoms with Crippen molar-refractivity contribution in [3.8, 4) is 0 Å². The number of benzene rings is 1. The average molecular weight is 470 g/mol. The minimum atomic E-state index is -0.257. The number of imide groups is 1. The Balaban J connectivity index is 1.39. The zero-order valence-corrected chi connectivity index (χ0v) is 20.5. The molecule has 1 saturated heterocycles. The third-order valence-electron chi connectivity index (χ3n) is 7.25. The van der Waals surface area contributed by atoms with E-state index in [1.807, 2.05) is 28.5 Å². The zero-order valence-electron chi connectivity index (χ0n) is 19.7. The Hall–Kier alpha value is -2.28. The van der Waals surface area contributed by atoms with Crippen LogP contribution >= 0.6 is 11.8 Å². The van der Waals surface area contributed by atoms with Crippen LogP contribution in [-0.4, -0.2) is 52.0 Å². The molecule has 1 N–H and O–H groups in total. The molecule has 7 heteroatoms. The van der Waals surface area contributed by atoms with Crippen molar-refractivity contribution in [1.82, 2.24) is 15.1 Å². The van der Waals surface area contributed by atoms with Gasteiger partial charge in [-0.25, -0.2) is 4.79 Å². The van der Waals surface area contributed by atoms with Gasteiger partial charge in [0, 0.05) is 25.6 Å². The lowest BCUT2D eigenvalue weighted by Gasteiger charge is -2.43. The quantitative estimate of drug-likeness (QED) is 0.570. The van der Waals surface area contributed by atoms with E-state index in [1.54, 1.807) is 0 Å². The van der Waals surface area contributed by atoms with E-state index < -0.39 is 0 Å². The van der Waals surface area contributed by atoms with Gasteiger partial charge in [0.15, 0.2) is 0 Å². The molecule has 178 valence electrons. The summed E-state index contributed by atoms with van der Waals surface area (Å²) in [5, 5.41) is 4.75. The predicted molar refractivity (Wildman–Crippen MR) is 132 cm³/mol. The summed E-state index contributed by atoms with van der Waals surface area (Å²) in [6.45, 7) is 5.88. The third kappa shape index (κ3) is 5.29. The summed E-state index contributed by atoms with van der Waals surface area (Å²) < 4.78 is 0. The third-order valence-corrected chi connectivity index (χ3v) is 8.33. The molecule has 2 aliphatic heterocycles. The van der Waals surface area contributed by atoms with Gasteiger partial charge in [-0.2, -0.15) is 0 Å². The molecule has 0 spiro atoms. The summed E-state index contributed by atoms with van der Waals surface area (Å²) in [5.41, 5.74) is 2.26. The standard InChI is InChI=1S/C26H35N3O3S/c1-3-4-14-27-24(30)20-11-9-19(10-12-20)16-29-25(31)23-22(13-15-33-23)28(26(29)32)17-21-8-6-5-7-18(21)2/h5-8,13,15,19-20,22-23H,3-4,9-12,14,16-17H2,1-2H3,(H,27,30). The number of nitrogens with one attached hydrogen (secondary N) is 1. The first-order valence-electron chi connectivity index (χ1n) is 12.3. The molecule has 33 heavy (non-hydrogen) atoms.